The first-order valence-electron chi connectivity index (χ1n) is 7.00. The van der Waals surface area contributed by atoms with Crippen molar-refractivity contribution in [2.45, 2.75) is 6.54 Å². The minimum atomic E-state index is -0.730. The van der Waals surface area contributed by atoms with Gasteiger partial charge in [0.1, 0.15) is 0 Å². The molecule has 0 aliphatic heterocycles. The molecule has 1 aromatic carbocycles. The number of anilines is 1. The van der Waals surface area contributed by atoms with Crippen LogP contribution in [0, 0.1) is 0 Å². The Bertz CT molecular complexity index is 717. The molecule has 0 spiro atoms. The van der Waals surface area contributed by atoms with Gasteiger partial charge in [-0.25, -0.2) is 14.6 Å². The fraction of sp³-hybridized carbons (Fsp3) is 0.200. The highest BCUT2D eigenvalue weighted by molar-refractivity contribution is 7.13. The lowest BCUT2D eigenvalue weighted by Gasteiger charge is -2.04. The van der Waals surface area contributed by atoms with Crippen LogP contribution in [-0.4, -0.2) is 36.5 Å². The minimum Gasteiger partial charge on any atom is -0.451 e. The van der Waals surface area contributed by atoms with Gasteiger partial charge >= 0.3 is 12.0 Å². The van der Waals surface area contributed by atoms with Gasteiger partial charge in [-0.1, -0.05) is 30.3 Å². The number of carbonyl (C=O) groups excluding carboxylic acids is 3. The maximum Gasteiger partial charge on any atom is 0.358 e. The third kappa shape index (κ3) is 5.36. The summed E-state index contributed by atoms with van der Waals surface area (Å²) >= 11 is 1.26. The smallest absolute Gasteiger partial charge is 0.358 e. The Morgan fingerprint density at radius 1 is 1.21 bits per heavy atom. The van der Waals surface area contributed by atoms with Crippen molar-refractivity contribution >= 4 is 34.4 Å². The zero-order chi connectivity index (χ0) is 17.4. The number of amides is 3. The number of nitrogens with one attached hydrogen (secondary N) is 3. The van der Waals surface area contributed by atoms with Gasteiger partial charge in [-0.2, -0.15) is 0 Å². The Kier molecular flexibility index (Phi) is 6.26. The van der Waals surface area contributed by atoms with Crippen molar-refractivity contribution < 1.29 is 19.1 Å². The molecule has 0 aliphatic carbocycles. The van der Waals surface area contributed by atoms with Crippen LogP contribution >= 0.6 is 11.3 Å². The van der Waals surface area contributed by atoms with Crippen molar-refractivity contribution in [1.82, 2.24) is 15.6 Å². The number of imide groups is 1. The Hall–Kier alpha value is -2.94. The normalized spacial score (nSPS) is 9.88. The Morgan fingerprint density at radius 3 is 2.67 bits per heavy atom. The van der Waals surface area contributed by atoms with Gasteiger partial charge in [0.05, 0.1) is 0 Å². The highest BCUT2D eigenvalue weighted by atomic mass is 32.1. The average molecular weight is 348 g/mol. The Balaban J connectivity index is 1.80. The SMILES string of the molecule is CNC(=O)NC(=O)COC(=O)c1csc(NCc2ccccc2)n1. The molecular weight excluding hydrogens is 332 g/mol. The largest absolute Gasteiger partial charge is 0.451 e. The molecule has 0 saturated carbocycles. The topological polar surface area (TPSA) is 109 Å². The zero-order valence-electron chi connectivity index (χ0n) is 12.9. The van der Waals surface area contributed by atoms with Crippen molar-refractivity contribution in [1.29, 1.82) is 0 Å². The summed E-state index contributed by atoms with van der Waals surface area (Å²) in [5, 5.41) is 9.41. The van der Waals surface area contributed by atoms with Gasteiger partial charge in [0.15, 0.2) is 17.4 Å². The third-order valence-corrected chi connectivity index (χ3v) is 3.61. The predicted molar refractivity (Wildman–Crippen MR) is 88.8 cm³/mol. The van der Waals surface area contributed by atoms with Crippen LogP contribution in [0.25, 0.3) is 0 Å². The standard InChI is InChI=1S/C15H16N4O4S/c1-16-14(22)19-12(20)8-23-13(21)11-9-24-15(18-11)17-7-10-5-3-2-4-6-10/h2-6,9H,7-8H2,1H3,(H,17,18)(H2,16,19,20,22). The van der Waals surface area contributed by atoms with Crippen LogP contribution in [0.2, 0.25) is 0 Å². The summed E-state index contributed by atoms with van der Waals surface area (Å²) in [4.78, 5) is 38.2. The van der Waals surface area contributed by atoms with E-state index in [1.165, 1.54) is 23.8 Å². The van der Waals surface area contributed by atoms with E-state index in [-0.39, 0.29) is 5.69 Å². The van der Waals surface area contributed by atoms with E-state index in [0.29, 0.717) is 11.7 Å². The van der Waals surface area contributed by atoms with E-state index in [2.05, 4.69) is 15.6 Å². The lowest BCUT2D eigenvalue weighted by Crippen LogP contribution is -2.39. The summed E-state index contributed by atoms with van der Waals surface area (Å²) in [7, 11) is 1.37. The van der Waals surface area contributed by atoms with E-state index in [4.69, 9.17) is 4.74 Å². The van der Waals surface area contributed by atoms with Gasteiger partial charge in [-0.05, 0) is 5.56 Å². The first-order chi connectivity index (χ1) is 11.6. The number of esters is 1. The van der Waals surface area contributed by atoms with Crippen LogP contribution in [-0.2, 0) is 16.1 Å². The highest BCUT2D eigenvalue weighted by Crippen LogP contribution is 2.17. The number of hydrogen-bond donors (Lipinski definition) is 3. The fourth-order valence-electron chi connectivity index (χ4n) is 1.65. The molecule has 8 nitrogen and oxygen atoms in total. The lowest BCUT2D eigenvalue weighted by molar-refractivity contribution is -0.123. The van der Waals surface area contributed by atoms with Crippen LogP contribution in [0.1, 0.15) is 16.1 Å². The molecule has 0 atom stereocenters. The maximum atomic E-state index is 11.8. The molecule has 3 amide bonds. The van der Waals surface area contributed by atoms with Crippen molar-refractivity contribution in [3.8, 4) is 0 Å². The maximum absolute atomic E-state index is 11.8. The van der Waals surface area contributed by atoms with Gasteiger partial charge in [-0.3, -0.25) is 10.1 Å². The molecule has 0 radical (unpaired) electrons. The molecular formula is C15H16N4O4S. The van der Waals surface area contributed by atoms with Gasteiger partial charge in [0.2, 0.25) is 0 Å². The number of nitrogens with zero attached hydrogens (tertiary/aromatic N) is 1. The van der Waals surface area contributed by atoms with E-state index in [0.717, 1.165) is 5.56 Å². The number of thiazole rings is 1. The zero-order valence-corrected chi connectivity index (χ0v) is 13.7. The number of hydrogen-bond acceptors (Lipinski definition) is 7. The fourth-order valence-corrected chi connectivity index (χ4v) is 2.33. The summed E-state index contributed by atoms with van der Waals surface area (Å²) in [5.41, 5.74) is 1.19. The average Bonchev–Trinajstić information content (AvgIpc) is 3.07. The molecule has 0 fully saturated rings. The number of benzene rings is 1. The van der Waals surface area contributed by atoms with Gasteiger partial charge in [-0.15, -0.1) is 11.3 Å². The molecule has 2 rings (SSSR count). The monoisotopic (exact) mass is 348 g/mol. The molecule has 24 heavy (non-hydrogen) atoms. The molecule has 1 aromatic heterocycles. The molecule has 9 heteroatoms. The number of ether oxygens (including phenoxy) is 1. The third-order valence-electron chi connectivity index (χ3n) is 2.81. The second-order valence-corrected chi connectivity index (χ2v) is 5.44. The molecule has 0 saturated heterocycles. The summed E-state index contributed by atoms with van der Waals surface area (Å²) < 4.78 is 4.80. The molecule has 0 unspecified atom stereocenters. The number of aromatic nitrogens is 1. The predicted octanol–water partition coefficient (Wildman–Crippen LogP) is 1.37. The molecule has 1 heterocycles. The lowest BCUT2D eigenvalue weighted by atomic mass is 10.2. The summed E-state index contributed by atoms with van der Waals surface area (Å²) in [6, 6.07) is 9.08. The van der Waals surface area contributed by atoms with Crippen molar-refractivity contribution in [3.05, 3.63) is 47.0 Å². The minimum absolute atomic E-state index is 0.100. The second-order valence-electron chi connectivity index (χ2n) is 4.58. The highest BCUT2D eigenvalue weighted by Gasteiger charge is 2.15. The molecule has 0 aliphatic rings. The first-order valence-corrected chi connectivity index (χ1v) is 7.88. The van der Waals surface area contributed by atoms with E-state index in [1.54, 1.807) is 0 Å². The van der Waals surface area contributed by atoms with Crippen molar-refractivity contribution in [2.75, 3.05) is 19.0 Å². The number of carbonyl (C=O) groups is 3. The number of rotatable bonds is 6. The Labute approximate surface area is 142 Å². The molecule has 2 aromatic rings. The van der Waals surface area contributed by atoms with Gasteiger partial charge < -0.3 is 15.4 Å². The van der Waals surface area contributed by atoms with E-state index >= 15 is 0 Å². The molecule has 126 valence electrons. The summed E-state index contributed by atoms with van der Waals surface area (Å²) in [6.07, 6.45) is 0. The summed E-state index contributed by atoms with van der Waals surface area (Å²) in [6.45, 7) is 0.0218. The number of urea groups is 1. The second kappa shape index (κ2) is 8.63. The quantitative estimate of drug-likeness (QED) is 0.680. The van der Waals surface area contributed by atoms with Crippen molar-refractivity contribution in [3.63, 3.8) is 0 Å². The van der Waals surface area contributed by atoms with Crippen molar-refractivity contribution in [2.24, 2.45) is 0 Å². The van der Waals surface area contributed by atoms with Crippen LogP contribution in [0.3, 0.4) is 0 Å². The summed E-state index contributed by atoms with van der Waals surface area (Å²) in [5.74, 6) is -1.45. The van der Waals surface area contributed by atoms with E-state index < -0.39 is 24.5 Å². The first kappa shape index (κ1) is 17.4. The van der Waals surface area contributed by atoms with E-state index in [9.17, 15) is 14.4 Å². The van der Waals surface area contributed by atoms with Gasteiger partial charge in [0, 0.05) is 19.0 Å². The van der Waals surface area contributed by atoms with Crippen LogP contribution in [0.5, 0.6) is 0 Å². The van der Waals surface area contributed by atoms with Crippen LogP contribution in [0.15, 0.2) is 35.7 Å². The molecule has 3 N–H and O–H groups in total. The van der Waals surface area contributed by atoms with E-state index in [1.807, 2.05) is 35.6 Å². The molecule has 0 bridgehead atoms. The Morgan fingerprint density at radius 2 is 1.96 bits per heavy atom. The van der Waals surface area contributed by atoms with Crippen LogP contribution < -0.4 is 16.0 Å². The van der Waals surface area contributed by atoms with Crippen LogP contribution in [0.4, 0.5) is 9.93 Å². The van der Waals surface area contributed by atoms with Gasteiger partial charge in [0.25, 0.3) is 5.91 Å².